The van der Waals surface area contributed by atoms with E-state index in [0.717, 1.165) is 35.8 Å². The van der Waals surface area contributed by atoms with Gasteiger partial charge in [0.15, 0.2) is 5.65 Å². The fourth-order valence-electron chi connectivity index (χ4n) is 1.98. The molecule has 2 aromatic heterocycles. The summed E-state index contributed by atoms with van der Waals surface area (Å²) in [5, 5.41) is 5.59. The Hall–Kier alpha value is -1.49. The highest BCUT2D eigenvalue weighted by Crippen LogP contribution is 2.24. The molecule has 90 valence electrons. The lowest BCUT2D eigenvalue weighted by atomic mass is 10.2. The number of fused-ring (bicyclic) bond motifs is 1. The second-order valence-corrected chi connectivity index (χ2v) is 4.84. The molecule has 0 spiro atoms. The van der Waals surface area contributed by atoms with Crippen LogP contribution in [0.4, 0.5) is 0 Å². The van der Waals surface area contributed by atoms with Gasteiger partial charge in [-0.2, -0.15) is 5.10 Å². The second-order valence-electron chi connectivity index (χ2n) is 4.84. The zero-order valence-electron chi connectivity index (χ0n) is 10.3. The average molecular weight is 232 g/mol. The Morgan fingerprint density at radius 3 is 2.76 bits per heavy atom. The molecule has 17 heavy (non-hydrogen) atoms. The number of aromatic nitrogens is 4. The first-order valence-corrected chi connectivity index (χ1v) is 5.96. The topological polar surface area (TPSA) is 52.8 Å². The Morgan fingerprint density at radius 2 is 2.18 bits per heavy atom. The van der Waals surface area contributed by atoms with E-state index in [1.54, 1.807) is 0 Å². The standard InChI is InChI=1S/C12H16N4O/c1-7(2)11-13-4-10-8(3)15-16(12(10)14-11)9-5-17-6-9/h4,7,9H,5-6H2,1-3H3. The summed E-state index contributed by atoms with van der Waals surface area (Å²) in [4.78, 5) is 9.02. The van der Waals surface area contributed by atoms with Crippen LogP contribution in [0.5, 0.6) is 0 Å². The van der Waals surface area contributed by atoms with Crippen LogP contribution in [0.2, 0.25) is 0 Å². The molecule has 1 fully saturated rings. The first-order chi connectivity index (χ1) is 8.16. The summed E-state index contributed by atoms with van der Waals surface area (Å²) in [6.45, 7) is 7.66. The van der Waals surface area contributed by atoms with Gasteiger partial charge < -0.3 is 4.74 Å². The summed E-state index contributed by atoms with van der Waals surface area (Å²) in [6.07, 6.45) is 1.88. The van der Waals surface area contributed by atoms with E-state index < -0.39 is 0 Å². The molecule has 2 aromatic rings. The van der Waals surface area contributed by atoms with Gasteiger partial charge in [-0.15, -0.1) is 0 Å². The molecule has 0 aromatic carbocycles. The highest BCUT2D eigenvalue weighted by molar-refractivity contribution is 5.77. The fourth-order valence-corrected chi connectivity index (χ4v) is 1.98. The number of nitrogens with zero attached hydrogens (tertiary/aromatic N) is 4. The highest BCUT2D eigenvalue weighted by atomic mass is 16.5. The van der Waals surface area contributed by atoms with Gasteiger partial charge in [0.05, 0.1) is 24.3 Å². The SMILES string of the molecule is Cc1nn(C2COC2)c2nc(C(C)C)ncc12. The van der Waals surface area contributed by atoms with Gasteiger partial charge in [-0.05, 0) is 6.92 Å². The maximum absolute atomic E-state index is 5.22. The van der Waals surface area contributed by atoms with Gasteiger partial charge in [0.2, 0.25) is 0 Å². The smallest absolute Gasteiger partial charge is 0.162 e. The van der Waals surface area contributed by atoms with E-state index in [4.69, 9.17) is 4.74 Å². The summed E-state index contributed by atoms with van der Waals surface area (Å²) in [6, 6.07) is 0.334. The van der Waals surface area contributed by atoms with Crippen molar-refractivity contribution in [2.24, 2.45) is 0 Å². The predicted molar refractivity (Wildman–Crippen MR) is 64.0 cm³/mol. The Balaban J connectivity index is 2.17. The van der Waals surface area contributed by atoms with Crippen molar-refractivity contribution in [2.75, 3.05) is 13.2 Å². The van der Waals surface area contributed by atoms with Crippen LogP contribution in [0.25, 0.3) is 11.0 Å². The summed E-state index contributed by atoms with van der Waals surface area (Å²) in [7, 11) is 0. The van der Waals surface area contributed by atoms with E-state index >= 15 is 0 Å². The van der Waals surface area contributed by atoms with Crippen molar-refractivity contribution >= 4 is 11.0 Å². The number of hydrogen-bond donors (Lipinski definition) is 0. The molecule has 0 amide bonds. The van der Waals surface area contributed by atoms with Crippen molar-refractivity contribution in [1.82, 2.24) is 19.7 Å². The number of hydrogen-bond acceptors (Lipinski definition) is 4. The molecule has 5 heteroatoms. The molecule has 0 bridgehead atoms. The molecular formula is C12H16N4O. The van der Waals surface area contributed by atoms with Crippen molar-refractivity contribution < 1.29 is 4.74 Å². The third kappa shape index (κ3) is 1.61. The molecular weight excluding hydrogens is 216 g/mol. The second kappa shape index (κ2) is 3.77. The lowest BCUT2D eigenvalue weighted by Gasteiger charge is -2.26. The van der Waals surface area contributed by atoms with Crippen LogP contribution < -0.4 is 0 Å². The maximum Gasteiger partial charge on any atom is 0.162 e. The molecule has 5 nitrogen and oxygen atoms in total. The van der Waals surface area contributed by atoms with Crippen LogP contribution >= 0.6 is 0 Å². The zero-order valence-corrected chi connectivity index (χ0v) is 10.3. The first kappa shape index (κ1) is 10.7. The van der Waals surface area contributed by atoms with E-state index in [0.29, 0.717) is 12.0 Å². The van der Waals surface area contributed by atoms with E-state index in [1.165, 1.54) is 0 Å². The van der Waals surface area contributed by atoms with Gasteiger partial charge in [-0.25, -0.2) is 14.6 Å². The summed E-state index contributed by atoms with van der Waals surface area (Å²) < 4.78 is 7.21. The largest absolute Gasteiger partial charge is 0.377 e. The van der Waals surface area contributed by atoms with Crippen LogP contribution in [-0.4, -0.2) is 33.0 Å². The Morgan fingerprint density at radius 1 is 1.41 bits per heavy atom. The minimum Gasteiger partial charge on any atom is -0.377 e. The Bertz CT molecular complexity index is 557. The average Bonchev–Trinajstić information content (AvgIpc) is 2.54. The molecule has 1 aliphatic heterocycles. The van der Waals surface area contributed by atoms with Crippen molar-refractivity contribution in [2.45, 2.75) is 32.7 Å². The van der Waals surface area contributed by atoms with Crippen LogP contribution in [0.1, 0.15) is 37.3 Å². The lowest BCUT2D eigenvalue weighted by molar-refractivity contribution is -0.0270. The third-order valence-electron chi connectivity index (χ3n) is 3.13. The highest BCUT2D eigenvalue weighted by Gasteiger charge is 2.25. The number of aryl methyl sites for hydroxylation is 1. The molecule has 1 saturated heterocycles. The summed E-state index contributed by atoms with van der Waals surface area (Å²) >= 11 is 0. The van der Waals surface area contributed by atoms with Crippen LogP contribution in [0, 0.1) is 6.92 Å². The number of rotatable bonds is 2. The van der Waals surface area contributed by atoms with Crippen molar-refractivity contribution in [3.05, 3.63) is 17.7 Å². The normalized spacial score (nSPS) is 16.7. The van der Waals surface area contributed by atoms with Gasteiger partial charge >= 0.3 is 0 Å². The van der Waals surface area contributed by atoms with Crippen LogP contribution in [0.3, 0.4) is 0 Å². The van der Waals surface area contributed by atoms with Gasteiger partial charge in [0, 0.05) is 12.1 Å². The molecule has 0 saturated carbocycles. The van der Waals surface area contributed by atoms with Crippen LogP contribution in [0.15, 0.2) is 6.20 Å². The molecule has 0 atom stereocenters. The quantitative estimate of drug-likeness (QED) is 0.792. The van der Waals surface area contributed by atoms with Gasteiger partial charge in [0.1, 0.15) is 11.9 Å². The van der Waals surface area contributed by atoms with E-state index in [9.17, 15) is 0 Å². The molecule has 3 heterocycles. The summed E-state index contributed by atoms with van der Waals surface area (Å²) in [5.41, 5.74) is 1.93. The number of ether oxygens (including phenoxy) is 1. The Kier molecular flexibility index (Phi) is 2.36. The van der Waals surface area contributed by atoms with E-state index in [2.05, 4.69) is 28.9 Å². The van der Waals surface area contributed by atoms with E-state index in [-0.39, 0.29) is 0 Å². The molecule has 0 N–H and O–H groups in total. The molecule has 0 unspecified atom stereocenters. The van der Waals surface area contributed by atoms with Gasteiger partial charge in [0.25, 0.3) is 0 Å². The molecule has 0 aliphatic carbocycles. The maximum atomic E-state index is 5.22. The third-order valence-corrected chi connectivity index (χ3v) is 3.13. The molecule has 1 aliphatic rings. The van der Waals surface area contributed by atoms with Gasteiger partial charge in [-0.3, -0.25) is 0 Å². The lowest BCUT2D eigenvalue weighted by Crippen LogP contribution is -2.31. The molecule has 0 radical (unpaired) electrons. The Labute approximate surface area is 99.8 Å². The molecule has 3 rings (SSSR count). The van der Waals surface area contributed by atoms with Crippen LogP contribution in [-0.2, 0) is 4.74 Å². The monoisotopic (exact) mass is 232 g/mol. The van der Waals surface area contributed by atoms with E-state index in [1.807, 2.05) is 17.8 Å². The minimum atomic E-state index is 0.334. The predicted octanol–water partition coefficient (Wildman–Crippen LogP) is 1.83. The summed E-state index contributed by atoms with van der Waals surface area (Å²) in [5.74, 6) is 1.21. The zero-order chi connectivity index (χ0) is 12.0. The minimum absolute atomic E-state index is 0.334. The van der Waals surface area contributed by atoms with Crippen molar-refractivity contribution in [1.29, 1.82) is 0 Å². The van der Waals surface area contributed by atoms with Gasteiger partial charge in [-0.1, -0.05) is 13.8 Å². The van der Waals surface area contributed by atoms with Crippen molar-refractivity contribution in [3.8, 4) is 0 Å². The fraction of sp³-hybridized carbons (Fsp3) is 0.583. The van der Waals surface area contributed by atoms with Crippen molar-refractivity contribution in [3.63, 3.8) is 0 Å². The first-order valence-electron chi connectivity index (χ1n) is 5.96.